The molecule has 0 aliphatic heterocycles. The summed E-state index contributed by atoms with van der Waals surface area (Å²) in [6.07, 6.45) is -0.350. The zero-order valence-corrected chi connectivity index (χ0v) is 16.9. The van der Waals surface area contributed by atoms with Crippen LogP contribution < -0.4 is 0 Å². The number of fused-ring (bicyclic) bond motifs is 1. The van der Waals surface area contributed by atoms with Crippen LogP contribution in [-0.4, -0.2) is 28.9 Å². The van der Waals surface area contributed by atoms with Gasteiger partial charge in [-0.3, -0.25) is 14.4 Å². The fourth-order valence-electron chi connectivity index (χ4n) is 3.10. The van der Waals surface area contributed by atoms with E-state index in [9.17, 15) is 19.5 Å². The van der Waals surface area contributed by atoms with Gasteiger partial charge < -0.3 is 9.84 Å². The zero-order valence-electron chi connectivity index (χ0n) is 16.9. The summed E-state index contributed by atoms with van der Waals surface area (Å²) in [5.74, 6) is -2.83. The van der Waals surface area contributed by atoms with E-state index in [-0.39, 0.29) is 18.1 Å². The number of hydrogen-bond acceptors (Lipinski definition) is 4. The van der Waals surface area contributed by atoms with Crippen LogP contribution in [0.25, 0.3) is 10.8 Å². The number of Topliss-reactive ketones (excluding diaryl/α,β-unsaturated/α-hetero) is 1. The molecule has 0 heterocycles. The molecule has 2 aromatic rings. The second kappa shape index (κ2) is 9.00. The van der Waals surface area contributed by atoms with Crippen molar-refractivity contribution >= 4 is 28.5 Å². The normalized spacial score (nSPS) is 14.5. The van der Waals surface area contributed by atoms with Crippen LogP contribution in [-0.2, 0) is 25.5 Å². The van der Waals surface area contributed by atoms with Gasteiger partial charge in [0.1, 0.15) is 5.78 Å². The highest BCUT2D eigenvalue weighted by atomic mass is 16.5. The van der Waals surface area contributed by atoms with Crippen molar-refractivity contribution in [1.29, 1.82) is 0 Å². The van der Waals surface area contributed by atoms with Crippen molar-refractivity contribution in [3.63, 3.8) is 0 Å². The maximum Gasteiger partial charge on any atom is 0.324 e. The Labute approximate surface area is 165 Å². The number of carbonyl (C=O) groups excluding carboxylic acids is 2. The first-order valence-electron chi connectivity index (χ1n) is 9.65. The fourth-order valence-corrected chi connectivity index (χ4v) is 3.10. The highest BCUT2D eigenvalue weighted by Gasteiger charge is 2.50. The molecule has 0 spiro atoms. The molecule has 1 N–H and O–H groups in total. The summed E-state index contributed by atoms with van der Waals surface area (Å²) in [5.41, 5.74) is -1.24. The zero-order chi connectivity index (χ0) is 20.9. The summed E-state index contributed by atoms with van der Waals surface area (Å²) in [5, 5.41) is 11.9. The van der Waals surface area contributed by atoms with E-state index >= 15 is 0 Å². The van der Waals surface area contributed by atoms with E-state index in [1.54, 1.807) is 26.8 Å². The molecule has 28 heavy (non-hydrogen) atoms. The Hall–Kier alpha value is -2.69. The van der Waals surface area contributed by atoms with Crippen LogP contribution in [0.3, 0.4) is 0 Å². The molecule has 5 nitrogen and oxygen atoms in total. The summed E-state index contributed by atoms with van der Waals surface area (Å²) in [4.78, 5) is 37.9. The largest absolute Gasteiger partial charge is 0.480 e. The van der Waals surface area contributed by atoms with Crippen LogP contribution in [0.1, 0.15) is 46.1 Å². The van der Waals surface area contributed by atoms with E-state index in [4.69, 9.17) is 4.74 Å². The van der Waals surface area contributed by atoms with Gasteiger partial charge in [-0.2, -0.15) is 0 Å². The summed E-state index contributed by atoms with van der Waals surface area (Å²) < 4.78 is 5.42. The molecule has 0 radical (unpaired) electrons. The predicted molar refractivity (Wildman–Crippen MR) is 108 cm³/mol. The number of aliphatic carboxylic acids is 1. The van der Waals surface area contributed by atoms with Gasteiger partial charge in [0.05, 0.1) is 6.10 Å². The second-order valence-corrected chi connectivity index (χ2v) is 7.62. The lowest BCUT2D eigenvalue weighted by atomic mass is 9.75. The number of benzene rings is 2. The Bertz CT molecular complexity index is 865. The van der Waals surface area contributed by atoms with Crippen molar-refractivity contribution in [2.75, 3.05) is 0 Å². The van der Waals surface area contributed by atoms with Gasteiger partial charge in [-0.15, -0.1) is 0 Å². The monoisotopic (exact) mass is 384 g/mol. The predicted octanol–water partition coefficient (Wildman–Crippen LogP) is 4.41. The highest BCUT2D eigenvalue weighted by Crippen LogP contribution is 2.34. The minimum absolute atomic E-state index is 0.0998. The summed E-state index contributed by atoms with van der Waals surface area (Å²) in [7, 11) is 0. The van der Waals surface area contributed by atoms with Crippen LogP contribution in [0.4, 0.5) is 0 Å². The Kier molecular flexibility index (Phi) is 6.95. The number of hydrogen-bond donors (Lipinski definition) is 1. The Morgan fingerprint density at radius 1 is 1.04 bits per heavy atom. The van der Waals surface area contributed by atoms with Crippen molar-refractivity contribution in [3.05, 3.63) is 48.0 Å². The molecule has 150 valence electrons. The molecule has 0 bridgehead atoms. The first-order valence-corrected chi connectivity index (χ1v) is 9.65. The average molecular weight is 384 g/mol. The van der Waals surface area contributed by atoms with E-state index in [2.05, 4.69) is 0 Å². The maximum atomic E-state index is 13.0. The molecule has 0 amide bonds. The van der Waals surface area contributed by atoms with Gasteiger partial charge in [0.25, 0.3) is 0 Å². The van der Waals surface area contributed by atoms with Crippen molar-refractivity contribution in [2.24, 2.45) is 11.3 Å². The minimum atomic E-state index is -1.95. The number of esters is 1. The molecular formula is C23H28O5. The molecule has 2 atom stereocenters. The summed E-state index contributed by atoms with van der Waals surface area (Å²) in [6.45, 7) is 6.97. The minimum Gasteiger partial charge on any atom is -0.480 e. The molecule has 0 saturated carbocycles. The van der Waals surface area contributed by atoms with Gasteiger partial charge in [0, 0.05) is 18.8 Å². The SMILES string of the molecule is CCC(C)OC(=O)C(CC(=O)C(C)C)(Cc1cccc2ccccc12)C(=O)O. The van der Waals surface area contributed by atoms with E-state index in [0.717, 1.165) is 10.8 Å². The molecule has 0 aliphatic carbocycles. The second-order valence-electron chi connectivity index (χ2n) is 7.62. The van der Waals surface area contributed by atoms with E-state index in [0.29, 0.717) is 12.0 Å². The molecule has 2 rings (SSSR count). The summed E-state index contributed by atoms with van der Waals surface area (Å²) in [6, 6.07) is 13.1. The van der Waals surface area contributed by atoms with Crippen molar-refractivity contribution in [3.8, 4) is 0 Å². The van der Waals surface area contributed by atoms with Gasteiger partial charge >= 0.3 is 11.9 Å². The smallest absolute Gasteiger partial charge is 0.324 e. The molecule has 5 heteroatoms. The van der Waals surface area contributed by atoms with E-state index in [1.165, 1.54) is 0 Å². The third-order valence-corrected chi connectivity index (χ3v) is 5.18. The lowest BCUT2D eigenvalue weighted by molar-refractivity contribution is -0.174. The first kappa shape index (κ1) is 21.6. The van der Waals surface area contributed by atoms with E-state index in [1.807, 2.05) is 43.3 Å². The lowest BCUT2D eigenvalue weighted by Gasteiger charge is -2.29. The lowest BCUT2D eigenvalue weighted by Crippen LogP contribution is -2.46. The average Bonchev–Trinajstić information content (AvgIpc) is 2.66. The summed E-state index contributed by atoms with van der Waals surface area (Å²) >= 11 is 0. The molecule has 0 aromatic heterocycles. The maximum absolute atomic E-state index is 13.0. The topological polar surface area (TPSA) is 80.7 Å². The van der Waals surface area contributed by atoms with Crippen LogP contribution in [0, 0.1) is 11.3 Å². The number of carbonyl (C=O) groups is 3. The standard InChI is InChI=1S/C23H28O5/c1-5-16(4)28-22(27)23(21(25)26,14-20(24)15(2)3)13-18-11-8-10-17-9-6-7-12-19(17)18/h6-12,15-16H,5,13-14H2,1-4H3,(H,25,26). The third kappa shape index (κ3) is 4.58. The van der Waals surface area contributed by atoms with Crippen LogP contribution in [0.2, 0.25) is 0 Å². The van der Waals surface area contributed by atoms with Gasteiger partial charge in [0.15, 0.2) is 5.41 Å². The highest BCUT2D eigenvalue weighted by molar-refractivity contribution is 6.04. The molecule has 2 unspecified atom stereocenters. The van der Waals surface area contributed by atoms with Gasteiger partial charge in [0.2, 0.25) is 0 Å². The fraction of sp³-hybridized carbons (Fsp3) is 0.435. The van der Waals surface area contributed by atoms with Crippen molar-refractivity contribution in [1.82, 2.24) is 0 Å². The van der Waals surface area contributed by atoms with E-state index < -0.39 is 29.9 Å². The number of ether oxygens (including phenoxy) is 1. The Morgan fingerprint density at radius 3 is 2.29 bits per heavy atom. The molecule has 0 aliphatic rings. The van der Waals surface area contributed by atoms with Crippen molar-refractivity contribution in [2.45, 2.75) is 53.1 Å². The molecule has 0 fully saturated rings. The van der Waals surface area contributed by atoms with Crippen LogP contribution in [0.5, 0.6) is 0 Å². The van der Waals surface area contributed by atoms with Gasteiger partial charge in [-0.1, -0.05) is 63.2 Å². The molecule has 0 saturated heterocycles. The first-order chi connectivity index (χ1) is 13.2. The number of ketones is 1. The van der Waals surface area contributed by atoms with Crippen molar-refractivity contribution < 1.29 is 24.2 Å². The van der Waals surface area contributed by atoms with Crippen LogP contribution >= 0.6 is 0 Å². The quantitative estimate of drug-likeness (QED) is 0.512. The Morgan fingerprint density at radius 2 is 1.68 bits per heavy atom. The van der Waals surface area contributed by atoms with Gasteiger partial charge in [-0.25, -0.2) is 0 Å². The van der Waals surface area contributed by atoms with Crippen LogP contribution in [0.15, 0.2) is 42.5 Å². The number of rotatable bonds is 9. The third-order valence-electron chi connectivity index (χ3n) is 5.18. The molecular weight excluding hydrogens is 356 g/mol. The van der Waals surface area contributed by atoms with Gasteiger partial charge in [-0.05, 0) is 29.7 Å². The Balaban J connectivity index is 2.56. The number of carboxylic acid groups (broad SMARTS) is 1. The molecule has 2 aromatic carbocycles. The number of carboxylic acids is 1.